The van der Waals surface area contributed by atoms with Gasteiger partial charge >= 0.3 is 0 Å². The van der Waals surface area contributed by atoms with Crippen molar-refractivity contribution in [2.75, 3.05) is 18.1 Å². The van der Waals surface area contributed by atoms with Crippen molar-refractivity contribution in [2.45, 2.75) is 13.3 Å². The van der Waals surface area contributed by atoms with Gasteiger partial charge < -0.3 is 4.74 Å². The van der Waals surface area contributed by atoms with Crippen LogP contribution in [-0.4, -0.2) is 26.5 Å². The van der Waals surface area contributed by atoms with Gasteiger partial charge in [-0.05, 0) is 18.6 Å². The molecule has 0 fully saturated rings. The van der Waals surface area contributed by atoms with Crippen molar-refractivity contribution in [2.24, 2.45) is 0 Å². The molecule has 6 heteroatoms. The van der Waals surface area contributed by atoms with E-state index < -0.39 is 9.84 Å². The van der Waals surface area contributed by atoms with E-state index in [9.17, 15) is 8.42 Å². The Labute approximate surface area is 112 Å². The summed E-state index contributed by atoms with van der Waals surface area (Å²) in [4.78, 5) is 0. The highest BCUT2D eigenvalue weighted by atomic mass is 35.5. The molecule has 0 spiro atoms. The van der Waals surface area contributed by atoms with Crippen LogP contribution >= 0.6 is 11.6 Å². The van der Waals surface area contributed by atoms with E-state index in [2.05, 4.69) is 0 Å². The van der Waals surface area contributed by atoms with Crippen LogP contribution in [0.5, 0.6) is 5.75 Å². The first kappa shape index (κ1) is 14.8. The zero-order chi connectivity index (χ0) is 13.6. The molecule has 98 valence electrons. The molecule has 0 amide bonds. The van der Waals surface area contributed by atoms with Crippen molar-refractivity contribution in [1.82, 2.24) is 0 Å². The Kier molecular flexibility index (Phi) is 5.45. The monoisotopic (exact) mass is 287 g/mol. The van der Waals surface area contributed by atoms with Gasteiger partial charge in [-0.3, -0.25) is 0 Å². The molecular formula is C12H14ClNO3S. The maximum Gasteiger partial charge on any atom is 0.153 e. The number of halogens is 1. The summed E-state index contributed by atoms with van der Waals surface area (Å²) in [7, 11) is -3.07. The van der Waals surface area contributed by atoms with Crippen LogP contribution in [0.25, 0.3) is 0 Å². The summed E-state index contributed by atoms with van der Waals surface area (Å²) in [6.07, 6.45) is 0.586. The second-order valence-electron chi connectivity index (χ2n) is 3.73. The number of rotatable bonds is 6. The third-order valence-electron chi connectivity index (χ3n) is 2.25. The first-order valence-electron chi connectivity index (χ1n) is 5.52. The molecule has 0 radical (unpaired) electrons. The fourth-order valence-electron chi connectivity index (χ4n) is 1.42. The summed E-state index contributed by atoms with van der Waals surface area (Å²) in [5, 5.41) is 9.21. The fourth-order valence-corrected chi connectivity index (χ4v) is 2.80. The van der Waals surface area contributed by atoms with E-state index >= 15 is 0 Å². The number of nitriles is 1. The van der Waals surface area contributed by atoms with E-state index in [4.69, 9.17) is 21.6 Å². The Balaban J connectivity index is 2.66. The van der Waals surface area contributed by atoms with Crippen LogP contribution in [0.4, 0.5) is 0 Å². The fraction of sp³-hybridized carbons (Fsp3) is 0.417. The standard InChI is InChI=1S/C12H14ClNO3S/c1-2-7-18(15,16)8-6-17-12-5-3-4-11(13)10(12)9-14/h3-5H,2,6-8H2,1H3. The molecule has 0 N–H and O–H groups in total. The molecule has 0 saturated carbocycles. The molecule has 0 aliphatic carbocycles. The highest BCUT2D eigenvalue weighted by molar-refractivity contribution is 7.91. The highest BCUT2D eigenvalue weighted by Crippen LogP contribution is 2.25. The minimum Gasteiger partial charge on any atom is -0.491 e. The van der Waals surface area contributed by atoms with Crippen molar-refractivity contribution < 1.29 is 13.2 Å². The van der Waals surface area contributed by atoms with Crippen LogP contribution in [0.15, 0.2) is 18.2 Å². The van der Waals surface area contributed by atoms with E-state index in [0.29, 0.717) is 17.2 Å². The van der Waals surface area contributed by atoms with Crippen LogP contribution in [0.2, 0.25) is 5.02 Å². The molecule has 4 nitrogen and oxygen atoms in total. The van der Waals surface area contributed by atoms with Crippen LogP contribution in [-0.2, 0) is 9.84 Å². The molecule has 0 atom stereocenters. The predicted octanol–water partition coefficient (Wildman–Crippen LogP) is 2.42. The largest absolute Gasteiger partial charge is 0.491 e. The van der Waals surface area contributed by atoms with Gasteiger partial charge in [-0.1, -0.05) is 24.6 Å². The van der Waals surface area contributed by atoms with Gasteiger partial charge in [0, 0.05) is 0 Å². The first-order valence-corrected chi connectivity index (χ1v) is 7.72. The number of hydrogen-bond donors (Lipinski definition) is 0. The number of nitrogens with zero attached hydrogens (tertiary/aromatic N) is 1. The third-order valence-corrected chi connectivity index (χ3v) is 4.39. The van der Waals surface area contributed by atoms with Gasteiger partial charge in [-0.2, -0.15) is 5.26 Å². The van der Waals surface area contributed by atoms with Crippen LogP contribution < -0.4 is 4.74 Å². The van der Waals surface area contributed by atoms with E-state index in [1.165, 1.54) is 0 Å². The third kappa shape index (κ3) is 4.21. The van der Waals surface area contributed by atoms with Gasteiger partial charge in [0.1, 0.15) is 24.0 Å². The smallest absolute Gasteiger partial charge is 0.153 e. The lowest BCUT2D eigenvalue weighted by Gasteiger charge is -2.08. The average molecular weight is 288 g/mol. The average Bonchev–Trinajstić information content (AvgIpc) is 2.29. The summed E-state index contributed by atoms with van der Waals surface area (Å²) < 4.78 is 28.2. The second-order valence-corrected chi connectivity index (χ2v) is 6.44. The van der Waals surface area contributed by atoms with Gasteiger partial charge in [0.2, 0.25) is 0 Å². The summed E-state index contributed by atoms with van der Waals surface area (Å²) in [5.74, 6) is 0.409. The van der Waals surface area contributed by atoms with E-state index in [-0.39, 0.29) is 23.7 Å². The molecule has 0 heterocycles. The predicted molar refractivity (Wildman–Crippen MR) is 70.6 cm³/mol. The molecule has 0 aromatic heterocycles. The maximum absolute atomic E-state index is 11.5. The van der Waals surface area contributed by atoms with Gasteiger partial charge in [0.15, 0.2) is 9.84 Å². The van der Waals surface area contributed by atoms with E-state index in [0.717, 1.165) is 0 Å². The van der Waals surface area contributed by atoms with Gasteiger partial charge in [0.25, 0.3) is 0 Å². The topological polar surface area (TPSA) is 67.2 Å². The molecule has 0 unspecified atom stereocenters. The zero-order valence-corrected chi connectivity index (χ0v) is 11.6. The summed E-state index contributed by atoms with van der Waals surface area (Å²) >= 11 is 5.83. The lowest BCUT2D eigenvalue weighted by atomic mass is 10.2. The summed E-state index contributed by atoms with van der Waals surface area (Å²) in [5.41, 5.74) is 0.229. The van der Waals surface area contributed by atoms with E-state index in [1.807, 2.05) is 13.0 Å². The Morgan fingerprint density at radius 1 is 1.39 bits per heavy atom. The number of hydrogen-bond acceptors (Lipinski definition) is 4. The Morgan fingerprint density at radius 3 is 2.72 bits per heavy atom. The Hall–Kier alpha value is -1.25. The van der Waals surface area contributed by atoms with Gasteiger partial charge in [-0.25, -0.2) is 8.42 Å². The molecule has 0 aliphatic rings. The summed E-state index contributed by atoms with van der Waals surface area (Å²) in [6.45, 7) is 1.83. The zero-order valence-electron chi connectivity index (χ0n) is 10.0. The number of benzene rings is 1. The van der Waals surface area contributed by atoms with Crippen LogP contribution in [0.1, 0.15) is 18.9 Å². The van der Waals surface area contributed by atoms with Crippen molar-refractivity contribution in [3.05, 3.63) is 28.8 Å². The maximum atomic E-state index is 11.5. The minimum atomic E-state index is -3.07. The van der Waals surface area contributed by atoms with Crippen molar-refractivity contribution in [3.63, 3.8) is 0 Å². The van der Waals surface area contributed by atoms with Crippen molar-refractivity contribution >= 4 is 21.4 Å². The molecule has 18 heavy (non-hydrogen) atoms. The SMILES string of the molecule is CCCS(=O)(=O)CCOc1cccc(Cl)c1C#N. The summed E-state index contributed by atoms with van der Waals surface area (Å²) in [6, 6.07) is 6.76. The molecule has 0 aliphatic heterocycles. The first-order chi connectivity index (χ1) is 8.50. The highest BCUT2D eigenvalue weighted by Gasteiger charge is 2.11. The molecule has 0 bridgehead atoms. The molecule has 1 aromatic rings. The van der Waals surface area contributed by atoms with Crippen LogP contribution in [0, 0.1) is 11.3 Å². The van der Waals surface area contributed by atoms with Gasteiger partial charge in [0.05, 0.1) is 16.5 Å². The molecule has 0 saturated heterocycles. The second kappa shape index (κ2) is 6.62. The molecule has 1 rings (SSSR count). The van der Waals surface area contributed by atoms with E-state index in [1.54, 1.807) is 18.2 Å². The quantitative estimate of drug-likeness (QED) is 0.806. The number of sulfone groups is 1. The van der Waals surface area contributed by atoms with Crippen molar-refractivity contribution in [1.29, 1.82) is 5.26 Å². The number of ether oxygens (including phenoxy) is 1. The Morgan fingerprint density at radius 2 is 2.11 bits per heavy atom. The molecule has 1 aromatic carbocycles. The normalized spacial score (nSPS) is 10.9. The van der Waals surface area contributed by atoms with Crippen molar-refractivity contribution in [3.8, 4) is 11.8 Å². The Bertz CT molecular complexity index is 549. The lowest BCUT2D eigenvalue weighted by Crippen LogP contribution is -2.17. The molecular weight excluding hydrogens is 274 g/mol. The minimum absolute atomic E-state index is 0.0252. The lowest BCUT2D eigenvalue weighted by molar-refractivity contribution is 0.340. The van der Waals surface area contributed by atoms with Crippen LogP contribution in [0.3, 0.4) is 0 Å². The van der Waals surface area contributed by atoms with Gasteiger partial charge in [-0.15, -0.1) is 0 Å².